The molecule has 0 aromatic heterocycles. The van der Waals surface area contributed by atoms with Gasteiger partial charge >= 0.3 is 5.97 Å². The highest BCUT2D eigenvalue weighted by Gasteiger charge is 2.17. The molecule has 0 unspecified atom stereocenters. The lowest BCUT2D eigenvalue weighted by atomic mass is 10.1. The van der Waals surface area contributed by atoms with E-state index in [1.807, 2.05) is 31.2 Å². The minimum atomic E-state index is -1.03. The van der Waals surface area contributed by atoms with Gasteiger partial charge in [-0.05, 0) is 31.0 Å². The molecule has 6 nitrogen and oxygen atoms in total. The molecule has 0 saturated heterocycles. The number of hydrazine groups is 1. The van der Waals surface area contributed by atoms with Crippen molar-refractivity contribution in [2.75, 3.05) is 5.43 Å². The lowest BCUT2D eigenvalue weighted by molar-refractivity contribution is -0.139. The summed E-state index contributed by atoms with van der Waals surface area (Å²) in [6.45, 7) is 1.94. The van der Waals surface area contributed by atoms with Crippen molar-refractivity contribution in [2.24, 2.45) is 5.73 Å². The molecule has 6 heteroatoms. The van der Waals surface area contributed by atoms with E-state index in [0.29, 0.717) is 0 Å². The first kappa shape index (κ1) is 14.0. The maximum Gasteiger partial charge on any atom is 0.322 e. The number of rotatable bonds is 7. The highest BCUT2D eigenvalue weighted by atomic mass is 16.4. The van der Waals surface area contributed by atoms with E-state index < -0.39 is 17.9 Å². The second-order valence-corrected chi connectivity index (χ2v) is 4.03. The molecule has 1 aromatic rings. The summed E-state index contributed by atoms with van der Waals surface area (Å²) in [5.41, 5.74) is 12.3. The fraction of sp³-hybridized carbons (Fsp3) is 0.333. The van der Waals surface area contributed by atoms with Crippen LogP contribution in [0.15, 0.2) is 24.3 Å². The Hall–Kier alpha value is -2.08. The van der Waals surface area contributed by atoms with Gasteiger partial charge in [0.15, 0.2) is 0 Å². The van der Waals surface area contributed by atoms with Gasteiger partial charge in [-0.1, -0.05) is 12.1 Å². The SMILES string of the molecule is Cc1cccc(NN[C@H](CCC(N)=O)C(=O)O)c1. The molecule has 1 amide bonds. The van der Waals surface area contributed by atoms with Crippen molar-refractivity contribution in [1.82, 2.24) is 5.43 Å². The van der Waals surface area contributed by atoms with Crippen molar-refractivity contribution in [2.45, 2.75) is 25.8 Å². The standard InChI is InChI=1S/C12H17N3O3/c1-8-3-2-4-9(7-8)14-15-10(12(17)18)5-6-11(13)16/h2-4,7,10,14-15H,5-6H2,1H3,(H2,13,16)(H,17,18)/t10-/m1/s1. The molecule has 5 N–H and O–H groups in total. The Morgan fingerprint density at radius 1 is 1.44 bits per heavy atom. The van der Waals surface area contributed by atoms with Gasteiger partial charge < -0.3 is 16.3 Å². The number of anilines is 1. The molecular formula is C12H17N3O3. The van der Waals surface area contributed by atoms with Gasteiger partial charge in [-0.2, -0.15) is 0 Å². The highest BCUT2D eigenvalue weighted by molar-refractivity contribution is 5.77. The van der Waals surface area contributed by atoms with Gasteiger partial charge in [0.2, 0.25) is 5.91 Å². The Labute approximate surface area is 105 Å². The summed E-state index contributed by atoms with van der Waals surface area (Å²) < 4.78 is 0. The summed E-state index contributed by atoms with van der Waals surface area (Å²) in [5.74, 6) is -1.55. The number of aryl methyl sites for hydroxylation is 1. The van der Waals surface area contributed by atoms with Crippen LogP contribution in [0.2, 0.25) is 0 Å². The Balaban J connectivity index is 2.51. The minimum Gasteiger partial charge on any atom is -0.480 e. The Bertz CT molecular complexity index is 434. The summed E-state index contributed by atoms with van der Waals surface area (Å²) in [6, 6.07) is 6.62. The zero-order chi connectivity index (χ0) is 13.5. The molecule has 0 aliphatic rings. The number of benzene rings is 1. The minimum absolute atomic E-state index is 0.0272. The molecule has 0 aliphatic carbocycles. The predicted molar refractivity (Wildman–Crippen MR) is 67.8 cm³/mol. The maximum atomic E-state index is 10.9. The van der Waals surface area contributed by atoms with Gasteiger partial charge in [0, 0.05) is 12.1 Å². The van der Waals surface area contributed by atoms with Gasteiger partial charge in [-0.25, -0.2) is 5.43 Å². The van der Waals surface area contributed by atoms with E-state index in [0.717, 1.165) is 11.3 Å². The average molecular weight is 251 g/mol. The van der Waals surface area contributed by atoms with Crippen LogP contribution in [0.3, 0.4) is 0 Å². The Morgan fingerprint density at radius 3 is 2.72 bits per heavy atom. The topological polar surface area (TPSA) is 104 Å². The van der Waals surface area contributed by atoms with E-state index in [2.05, 4.69) is 10.9 Å². The highest BCUT2D eigenvalue weighted by Crippen LogP contribution is 2.08. The number of nitrogens with two attached hydrogens (primary N) is 1. The van der Waals surface area contributed by atoms with Crippen LogP contribution in [-0.2, 0) is 9.59 Å². The first-order chi connectivity index (χ1) is 8.49. The van der Waals surface area contributed by atoms with E-state index in [1.165, 1.54) is 0 Å². The monoisotopic (exact) mass is 251 g/mol. The van der Waals surface area contributed by atoms with E-state index in [4.69, 9.17) is 10.8 Å². The molecule has 0 radical (unpaired) electrons. The van der Waals surface area contributed by atoms with Crippen molar-refractivity contribution < 1.29 is 14.7 Å². The van der Waals surface area contributed by atoms with Crippen molar-refractivity contribution in [3.05, 3.63) is 29.8 Å². The molecule has 1 rings (SSSR count). The summed E-state index contributed by atoms with van der Waals surface area (Å²) in [7, 11) is 0. The van der Waals surface area contributed by atoms with Crippen molar-refractivity contribution in [3.8, 4) is 0 Å². The first-order valence-corrected chi connectivity index (χ1v) is 5.58. The van der Waals surface area contributed by atoms with E-state index in [-0.39, 0.29) is 12.8 Å². The molecule has 0 heterocycles. The van der Waals surface area contributed by atoms with Crippen LogP contribution in [-0.4, -0.2) is 23.0 Å². The molecule has 98 valence electrons. The number of amides is 1. The number of carbonyl (C=O) groups is 2. The van der Waals surface area contributed by atoms with E-state index >= 15 is 0 Å². The van der Waals surface area contributed by atoms with Crippen LogP contribution < -0.4 is 16.6 Å². The van der Waals surface area contributed by atoms with Crippen LogP contribution in [0.25, 0.3) is 0 Å². The Morgan fingerprint density at radius 2 is 2.17 bits per heavy atom. The number of nitrogens with one attached hydrogen (secondary N) is 2. The van der Waals surface area contributed by atoms with Gasteiger partial charge in [-0.3, -0.25) is 9.59 Å². The van der Waals surface area contributed by atoms with Crippen LogP contribution in [0.4, 0.5) is 5.69 Å². The van der Waals surface area contributed by atoms with Crippen LogP contribution >= 0.6 is 0 Å². The predicted octanol–water partition coefficient (Wildman–Crippen LogP) is 0.630. The quantitative estimate of drug-likeness (QED) is 0.532. The molecule has 1 atom stereocenters. The third kappa shape index (κ3) is 4.84. The summed E-state index contributed by atoms with van der Waals surface area (Å²) in [4.78, 5) is 21.6. The third-order valence-electron chi connectivity index (χ3n) is 2.39. The number of carboxylic acids is 1. The smallest absolute Gasteiger partial charge is 0.322 e. The lowest BCUT2D eigenvalue weighted by Gasteiger charge is -2.15. The van der Waals surface area contributed by atoms with Gasteiger partial charge in [0.1, 0.15) is 6.04 Å². The average Bonchev–Trinajstić information content (AvgIpc) is 2.28. The molecule has 0 saturated carbocycles. The number of primary amides is 1. The molecule has 0 fully saturated rings. The molecule has 1 aromatic carbocycles. The first-order valence-electron chi connectivity index (χ1n) is 5.58. The fourth-order valence-electron chi connectivity index (χ4n) is 1.44. The molecule has 0 spiro atoms. The zero-order valence-electron chi connectivity index (χ0n) is 10.1. The van der Waals surface area contributed by atoms with Crippen LogP contribution in [0.5, 0.6) is 0 Å². The van der Waals surface area contributed by atoms with Gasteiger partial charge in [-0.15, -0.1) is 0 Å². The maximum absolute atomic E-state index is 10.9. The number of carbonyl (C=O) groups excluding carboxylic acids is 1. The molecular weight excluding hydrogens is 234 g/mol. The lowest BCUT2D eigenvalue weighted by Crippen LogP contribution is -2.41. The van der Waals surface area contributed by atoms with Gasteiger partial charge in [0.25, 0.3) is 0 Å². The second kappa shape index (κ2) is 6.61. The molecule has 0 bridgehead atoms. The fourth-order valence-corrected chi connectivity index (χ4v) is 1.44. The van der Waals surface area contributed by atoms with Crippen molar-refractivity contribution in [1.29, 1.82) is 0 Å². The second-order valence-electron chi connectivity index (χ2n) is 4.03. The summed E-state index contributed by atoms with van der Waals surface area (Å²) in [5, 5.41) is 8.96. The van der Waals surface area contributed by atoms with Crippen LogP contribution in [0, 0.1) is 6.92 Å². The number of hydrogen-bond donors (Lipinski definition) is 4. The molecule has 0 aliphatic heterocycles. The number of aliphatic carboxylic acids is 1. The summed E-state index contributed by atoms with van der Waals surface area (Å²) in [6.07, 6.45) is 0.170. The largest absolute Gasteiger partial charge is 0.480 e. The number of hydrogen-bond acceptors (Lipinski definition) is 4. The normalized spacial score (nSPS) is 11.8. The van der Waals surface area contributed by atoms with E-state index in [1.54, 1.807) is 0 Å². The third-order valence-corrected chi connectivity index (χ3v) is 2.39. The number of carboxylic acid groups (broad SMARTS) is 1. The van der Waals surface area contributed by atoms with Crippen molar-refractivity contribution >= 4 is 17.6 Å². The van der Waals surface area contributed by atoms with Crippen molar-refractivity contribution in [3.63, 3.8) is 0 Å². The van der Waals surface area contributed by atoms with E-state index in [9.17, 15) is 9.59 Å². The Kier molecular flexibility index (Phi) is 5.13. The summed E-state index contributed by atoms with van der Waals surface area (Å²) >= 11 is 0. The zero-order valence-corrected chi connectivity index (χ0v) is 10.1. The van der Waals surface area contributed by atoms with Crippen LogP contribution in [0.1, 0.15) is 18.4 Å². The molecule has 18 heavy (non-hydrogen) atoms. The van der Waals surface area contributed by atoms with Gasteiger partial charge in [0.05, 0.1) is 0 Å².